The van der Waals surface area contributed by atoms with Gasteiger partial charge in [0.1, 0.15) is 10.8 Å². The summed E-state index contributed by atoms with van der Waals surface area (Å²) in [6.45, 7) is 4.80. The molecule has 6 nitrogen and oxygen atoms in total. The average Bonchev–Trinajstić information content (AvgIpc) is 2.36. The highest BCUT2D eigenvalue weighted by atomic mass is 32.2. The molecule has 0 fully saturated rings. The van der Waals surface area contributed by atoms with Crippen molar-refractivity contribution in [2.75, 3.05) is 18.5 Å². The molecule has 0 aliphatic heterocycles. The number of hydrogen-bond acceptors (Lipinski definition) is 6. The van der Waals surface area contributed by atoms with E-state index in [4.69, 9.17) is 5.11 Å². The van der Waals surface area contributed by atoms with Gasteiger partial charge in [-0.3, -0.25) is 10.1 Å². The van der Waals surface area contributed by atoms with Crippen LogP contribution in [0.25, 0.3) is 0 Å². The maximum atomic E-state index is 10.9. The van der Waals surface area contributed by atoms with Crippen molar-refractivity contribution < 1.29 is 10.0 Å². The second-order valence-electron chi connectivity index (χ2n) is 4.17. The van der Waals surface area contributed by atoms with Gasteiger partial charge in [-0.05, 0) is 12.8 Å². The Balaban J connectivity index is 2.89. The monoisotopic (exact) mass is 285 g/mol. The maximum absolute atomic E-state index is 10.9. The molecule has 1 rings (SSSR count). The fraction of sp³-hybridized carbons (Fsp3) is 0.583. The predicted molar refractivity (Wildman–Crippen MR) is 76.7 cm³/mol. The zero-order valence-electron chi connectivity index (χ0n) is 11.1. The smallest absolute Gasteiger partial charge is 0.275 e. The number of aliphatic hydroxyl groups excluding tert-OH is 1. The number of pyridine rings is 1. The molecule has 7 heteroatoms. The van der Waals surface area contributed by atoms with E-state index in [2.05, 4.69) is 10.3 Å². The summed E-state index contributed by atoms with van der Waals surface area (Å²) in [7, 11) is 0. The SMILES string of the molecule is CCCNc1cc([N+](=O)[O-])cc(SC(C)CCO)n1. The fourth-order valence-corrected chi connectivity index (χ4v) is 2.42. The van der Waals surface area contributed by atoms with Gasteiger partial charge in [-0.25, -0.2) is 4.98 Å². The first-order valence-electron chi connectivity index (χ1n) is 6.24. The molecule has 1 unspecified atom stereocenters. The number of nitrogens with one attached hydrogen (secondary N) is 1. The van der Waals surface area contributed by atoms with Gasteiger partial charge in [-0.1, -0.05) is 13.8 Å². The minimum atomic E-state index is -0.417. The molecule has 1 atom stereocenters. The number of nitro groups is 1. The number of aliphatic hydroxyl groups is 1. The minimum Gasteiger partial charge on any atom is -0.396 e. The van der Waals surface area contributed by atoms with E-state index in [-0.39, 0.29) is 17.5 Å². The zero-order valence-corrected chi connectivity index (χ0v) is 11.9. The maximum Gasteiger partial charge on any atom is 0.275 e. The van der Waals surface area contributed by atoms with Crippen LogP contribution in [-0.2, 0) is 0 Å². The second kappa shape index (κ2) is 7.96. The normalized spacial score (nSPS) is 12.2. The summed E-state index contributed by atoms with van der Waals surface area (Å²) in [6, 6.07) is 2.91. The lowest BCUT2D eigenvalue weighted by Crippen LogP contribution is -2.05. The third kappa shape index (κ3) is 5.44. The first-order valence-corrected chi connectivity index (χ1v) is 7.12. The number of anilines is 1. The van der Waals surface area contributed by atoms with Crippen LogP contribution in [0.5, 0.6) is 0 Å². The lowest BCUT2D eigenvalue weighted by atomic mass is 10.3. The first-order chi connectivity index (χ1) is 9.06. The van der Waals surface area contributed by atoms with Crippen LogP contribution in [0.4, 0.5) is 11.5 Å². The van der Waals surface area contributed by atoms with Gasteiger partial charge in [0.2, 0.25) is 0 Å². The van der Waals surface area contributed by atoms with E-state index in [1.807, 2.05) is 13.8 Å². The quantitative estimate of drug-likeness (QED) is 0.434. The Kier molecular flexibility index (Phi) is 6.58. The molecular formula is C12H19N3O3S. The topological polar surface area (TPSA) is 88.3 Å². The van der Waals surface area contributed by atoms with Crippen LogP contribution in [-0.4, -0.2) is 33.4 Å². The van der Waals surface area contributed by atoms with Crippen LogP contribution in [0.1, 0.15) is 26.7 Å². The largest absolute Gasteiger partial charge is 0.396 e. The molecule has 0 saturated heterocycles. The van der Waals surface area contributed by atoms with Crippen LogP contribution in [0.15, 0.2) is 17.2 Å². The van der Waals surface area contributed by atoms with Crippen molar-refractivity contribution in [3.8, 4) is 0 Å². The van der Waals surface area contributed by atoms with Gasteiger partial charge >= 0.3 is 0 Å². The van der Waals surface area contributed by atoms with Crippen molar-refractivity contribution in [2.45, 2.75) is 37.0 Å². The predicted octanol–water partition coefficient (Wildman–Crippen LogP) is 2.67. The van der Waals surface area contributed by atoms with Gasteiger partial charge in [0.05, 0.1) is 11.0 Å². The zero-order chi connectivity index (χ0) is 14.3. The minimum absolute atomic E-state index is 0.0345. The second-order valence-corrected chi connectivity index (χ2v) is 5.63. The lowest BCUT2D eigenvalue weighted by Gasteiger charge is -2.10. The van der Waals surface area contributed by atoms with E-state index in [9.17, 15) is 10.1 Å². The molecule has 2 N–H and O–H groups in total. The number of thioether (sulfide) groups is 1. The van der Waals surface area contributed by atoms with E-state index in [0.717, 1.165) is 13.0 Å². The average molecular weight is 285 g/mol. The Morgan fingerprint density at radius 1 is 1.58 bits per heavy atom. The summed E-state index contributed by atoms with van der Waals surface area (Å²) in [4.78, 5) is 14.8. The van der Waals surface area contributed by atoms with Crippen LogP contribution in [0.3, 0.4) is 0 Å². The number of hydrogen-bond donors (Lipinski definition) is 2. The van der Waals surface area contributed by atoms with Gasteiger partial charge in [0.25, 0.3) is 5.69 Å². The summed E-state index contributed by atoms with van der Waals surface area (Å²) in [5.74, 6) is 0.523. The highest BCUT2D eigenvalue weighted by Gasteiger charge is 2.13. The van der Waals surface area contributed by atoms with Crippen LogP contribution < -0.4 is 5.32 Å². The number of aromatic nitrogens is 1. The van der Waals surface area contributed by atoms with Gasteiger partial charge in [-0.15, -0.1) is 11.8 Å². The highest BCUT2D eigenvalue weighted by Crippen LogP contribution is 2.28. The molecule has 0 saturated carbocycles. The molecule has 1 heterocycles. The van der Waals surface area contributed by atoms with Crippen molar-refractivity contribution in [3.05, 3.63) is 22.2 Å². The van der Waals surface area contributed by atoms with Gasteiger partial charge in [0.15, 0.2) is 0 Å². The Morgan fingerprint density at radius 2 is 2.32 bits per heavy atom. The van der Waals surface area contributed by atoms with Gasteiger partial charge in [0, 0.05) is 24.5 Å². The molecule has 0 spiro atoms. The molecule has 1 aromatic rings. The molecule has 0 bridgehead atoms. The third-order valence-electron chi connectivity index (χ3n) is 2.41. The molecule has 106 valence electrons. The van der Waals surface area contributed by atoms with Crippen molar-refractivity contribution in [2.24, 2.45) is 0 Å². The molecule has 0 aromatic carbocycles. The first kappa shape index (κ1) is 15.7. The molecule has 1 aromatic heterocycles. The van der Waals surface area contributed by atoms with Gasteiger partial charge in [-0.2, -0.15) is 0 Å². The van der Waals surface area contributed by atoms with Crippen molar-refractivity contribution >= 4 is 23.3 Å². The Hall–Kier alpha value is -1.34. The molecule has 0 aliphatic carbocycles. The molecule has 0 radical (unpaired) electrons. The highest BCUT2D eigenvalue weighted by molar-refractivity contribution is 7.99. The van der Waals surface area contributed by atoms with Crippen LogP contribution in [0.2, 0.25) is 0 Å². The Morgan fingerprint density at radius 3 is 2.89 bits per heavy atom. The number of nitrogens with zero attached hydrogens (tertiary/aromatic N) is 2. The van der Waals surface area contributed by atoms with E-state index >= 15 is 0 Å². The summed E-state index contributed by atoms with van der Waals surface area (Å²) >= 11 is 1.43. The summed E-state index contributed by atoms with van der Waals surface area (Å²) in [5.41, 5.74) is 0.0345. The standard InChI is InChI=1S/C12H19N3O3S/c1-3-5-13-11-7-10(15(17)18)8-12(14-11)19-9(2)4-6-16/h7-9,16H,3-6H2,1-2H3,(H,13,14). The lowest BCUT2D eigenvalue weighted by molar-refractivity contribution is -0.385. The summed E-state index contributed by atoms with van der Waals surface area (Å²) in [6.07, 6.45) is 1.56. The van der Waals surface area contributed by atoms with Crippen molar-refractivity contribution in [1.29, 1.82) is 0 Å². The van der Waals surface area contributed by atoms with Crippen LogP contribution in [0, 0.1) is 10.1 Å². The van der Waals surface area contributed by atoms with E-state index in [1.54, 1.807) is 0 Å². The van der Waals surface area contributed by atoms with Crippen molar-refractivity contribution in [3.63, 3.8) is 0 Å². The molecule has 0 aliphatic rings. The molecular weight excluding hydrogens is 266 g/mol. The van der Waals surface area contributed by atoms with E-state index < -0.39 is 4.92 Å². The third-order valence-corrected chi connectivity index (χ3v) is 3.50. The molecule has 0 amide bonds. The fourth-order valence-electron chi connectivity index (χ4n) is 1.45. The van der Waals surface area contributed by atoms with Crippen molar-refractivity contribution in [1.82, 2.24) is 4.98 Å². The molecule has 19 heavy (non-hydrogen) atoms. The van der Waals surface area contributed by atoms with E-state index in [1.165, 1.54) is 23.9 Å². The summed E-state index contributed by atoms with van der Waals surface area (Å²) in [5, 5.41) is 23.6. The van der Waals surface area contributed by atoms with E-state index in [0.29, 0.717) is 17.3 Å². The van der Waals surface area contributed by atoms with Crippen LogP contribution >= 0.6 is 11.8 Å². The Bertz CT molecular complexity index is 429. The number of rotatable bonds is 8. The Labute approximate surface area is 116 Å². The summed E-state index contributed by atoms with van der Waals surface area (Å²) < 4.78 is 0. The van der Waals surface area contributed by atoms with Gasteiger partial charge < -0.3 is 10.4 Å².